The first-order valence-corrected chi connectivity index (χ1v) is 12.5. The lowest BCUT2D eigenvalue weighted by atomic mass is 9.77. The first-order chi connectivity index (χ1) is 16.2. The van der Waals surface area contributed by atoms with Gasteiger partial charge in [-0.15, -0.1) is 0 Å². The fourth-order valence-corrected chi connectivity index (χ4v) is 6.14. The molecule has 1 spiro atoms. The SMILES string of the molecule is Cc1cc(C)cc(N2C[C@@]34C=C[C@H](O3)[C@H](C(=O)O[C@H](C(=O)NC3CCCC3)C(C)C)[C@@H]4C2=O)c1. The van der Waals surface area contributed by atoms with E-state index in [0.717, 1.165) is 42.5 Å². The molecule has 3 fully saturated rings. The van der Waals surface area contributed by atoms with E-state index in [0.29, 0.717) is 6.54 Å². The molecule has 0 radical (unpaired) electrons. The van der Waals surface area contributed by atoms with Crippen molar-refractivity contribution >= 4 is 23.5 Å². The lowest BCUT2D eigenvalue weighted by Gasteiger charge is -2.27. The Labute approximate surface area is 200 Å². The van der Waals surface area contributed by atoms with Crippen molar-refractivity contribution in [3.8, 4) is 0 Å². The summed E-state index contributed by atoms with van der Waals surface area (Å²) in [6.45, 7) is 8.11. The lowest BCUT2D eigenvalue weighted by Crippen LogP contribution is -2.47. The Morgan fingerprint density at radius 3 is 2.47 bits per heavy atom. The third-order valence-electron chi connectivity index (χ3n) is 7.70. The number of amides is 2. The number of carbonyl (C=O) groups excluding carboxylic acids is 3. The van der Waals surface area contributed by atoms with Crippen LogP contribution in [0.4, 0.5) is 5.69 Å². The summed E-state index contributed by atoms with van der Waals surface area (Å²) in [5, 5.41) is 3.05. The van der Waals surface area contributed by atoms with Crippen molar-refractivity contribution in [2.45, 2.75) is 77.2 Å². The summed E-state index contributed by atoms with van der Waals surface area (Å²) in [5.41, 5.74) is 2.13. The highest BCUT2D eigenvalue weighted by atomic mass is 16.6. The van der Waals surface area contributed by atoms with Gasteiger partial charge in [-0.3, -0.25) is 14.4 Å². The molecule has 7 nitrogen and oxygen atoms in total. The van der Waals surface area contributed by atoms with Gasteiger partial charge in [-0.05, 0) is 55.9 Å². The van der Waals surface area contributed by atoms with Crippen LogP contribution in [0, 0.1) is 31.6 Å². The molecule has 5 rings (SSSR count). The van der Waals surface area contributed by atoms with Crippen molar-refractivity contribution in [1.82, 2.24) is 5.32 Å². The van der Waals surface area contributed by atoms with Crippen LogP contribution in [0.3, 0.4) is 0 Å². The topological polar surface area (TPSA) is 84.9 Å². The number of rotatable bonds is 6. The molecule has 4 aliphatic rings. The fourth-order valence-electron chi connectivity index (χ4n) is 6.14. The van der Waals surface area contributed by atoms with Gasteiger partial charge < -0.3 is 19.7 Å². The van der Waals surface area contributed by atoms with Crippen LogP contribution in [-0.2, 0) is 23.9 Å². The number of ether oxygens (including phenoxy) is 2. The van der Waals surface area contributed by atoms with Crippen LogP contribution in [-0.4, -0.2) is 48.2 Å². The Morgan fingerprint density at radius 1 is 1.15 bits per heavy atom. The molecule has 1 aromatic rings. The van der Waals surface area contributed by atoms with Crippen molar-refractivity contribution in [3.63, 3.8) is 0 Å². The first-order valence-electron chi connectivity index (χ1n) is 12.5. The van der Waals surface area contributed by atoms with Crippen LogP contribution in [0.2, 0.25) is 0 Å². The number of esters is 1. The Morgan fingerprint density at radius 2 is 1.82 bits per heavy atom. The van der Waals surface area contributed by atoms with E-state index in [1.807, 2.05) is 52.0 Å². The van der Waals surface area contributed by atoms with Crippen LogP contribution in [0.25, 0.3) is 0 Å². The van der Waals surface area contributed by atoms with Gasteiger partial charge in [-0.2, -0.15) is 0 Å². The summed E-state index contributed by atoms with van der Waals surface area (Å²) in [7, 11) is 0. The van der Waals surface area contributed by atoms with E-state index in [2.05, 4.69) is 11.4 Å². The van der Waals surface area contributed by atoms with Crippen molar-refractivity contribution in [3.05, 3.63) is 41.5 Å². The summed E-state index contributed by atoms with van der Waals surface area (Å²) in [5.74, 6) is -2.50. The van der Waals surface area contributed by atoms with Gasteiger partial charge in [0.25, 0.3) is 5.91 Å². The van der Waals surface area contributed by atoms with Crippen LogP contribution < -0.4 is 10.2 Å². The second-order valence-electron chi connectivity index (χ2n) is 10.8. The van der Waals surface area contributed by atoms with Gasteiger partial charge in [0, 0.05) is 11.7 Å². The molecule has 2 saturated heterocycles. The van der Waals surface area contributed by atoms with Crippen LogP contribution in [0.15, 0.2) is 30.4 Å². The summed E-state index contributed by atoms with van der Waals surface area (Å²) >= 11 is 0. The zero-order chi connectivity index (χ0) is 24.2. The summed E-state index contributed by atoms with van der Waals surface area (Å²) in [6, 6.07) is 6.17. The molecular formula is C27H34N2O5. The fraction of sp³-hybridized carbons (Fsp3) is 0.593. The first kappa shape index (κ1) is 23.1. The van der Waals surface area contributed by atoms with E-state index < -0.39 is 35.6 Å². The van der Waals surface area contributed by atoms with Crippen molar-refractivity contribution in [1.29, 1.82) is 0 Å². The van der Waals surface area contributed by atoms with Crippen LogP contribution in [0.1, 0.15) is 50.7 Å². The standard InChI is InChI=1S/C27H34N2O5/c1-15(2)23(24(30)28-18-7-5-6-8-18)33-26(32)21-20-9-10-27(34-20)14-29(25(31)22(21)27)19-12-16(3)11-17(4)13-19/h9-13,15,18,20-23H,5-8,14H2,1-4H3,(H,28,30)/t20-,21-,22+,23-,27+/m0/s1. The van der Waals surface area contributed by atoms with E-state index in [9.17, 15) is 14.4 Å². The van der Waals surface area contributed by atoms with E-state index >= 15 is 0 Å². The van der Waals surface area contributed by atoms with E-state index in [1.54, 1.807) is 4.90 Å². The number of benzene rings is 1. The molecule has 2 amide bonds. The highest BCUT2D eigenvalue weighted by Gasteiger charge is 2.67. The maximum absolute atomic E-state index is 13.6. The number of fused-ring (bicyclic) bond motifs is 1. The molecule has 0 aromatic heterocycles. The molecule has 0 unspecified atom stereocenters. The van der Waals surface area contributed by atoms with Gasteiger partial charge in [0.2, 0.25) is 5.91 Å². The number of anilines is 1. The number of nitrogens with one attached hydrogen (secondary N) is 1. The normalized spacial score (nSPS) is 30.8. The molecular weight excluding hydrogens is 432 g/mol. The second-order valence-corrected chi connectivity index (χ2v) is 10.8. The molecule has 3 aliphatic heterocycles. The number of hydrogen-bond donors (Lipinski definition) is 1. The highest BCUT2D eigenvalue weighted by Crippen LogP contribution is 2.53. The minimum Gasteiger partial charge on any atom is -0.452 e. The largest absolute Gasteiger partial charge is 0.452 e. The average molecular weight is 467 g/mol. The number of carbonyl (C=O) groups is 3. The molecule has 1 aliphatic carbocycles. The molecule has 1 aromatic carbocycles. The van der Waals surface area contributed by atoms with Gasteiger partial charge >= 0.3 is 5.97 Å². The Hall–Kier alpha value is -2.67. The summed E-state index contributed by atoms with van der Waals surface area (Å²) in [6.07, 6.45) is 6.53. The van der Waals surface area contributed by atoms with Gasteiger partial charge in [-0.1, -0.05) is 44.9 Å². The smallest absolute Gasteiger partial charge is 0.313 e. The number of nitrogens with zero attached hydrogens (tertiary/aromatic N) is 1. The maximum Gasteiger partial charge on any atom is 0.313 e. The molecule has 34 heavy (non-hydrogen) atoms. The monoisotopic (exact) mass is 466 g/mol. The van der Waals surface area contributed by atoms with Gasteiger partial charge in [0.05, 0.1) is 18.6 Å². The highest BCUT2D eigenvalue weighted by molar-refractivity contribution is 6.03. The molecule has 1 N–H and O–H groups in total. The predicted molar refractivity (Wildman–Crippen MR) is 127 cm³/mol. The molecule has 3 heterocycles. The minimum atomic E-state index is -0.890. The Bertz CT molecular complexity index is 1020. The molecule has 2 bridgehead atoms. The quantitative estimate of drug-likeness (QED) is 0.514. The van der Waals surface area contributed by atoms with Crippen LogP contribution >= 0.6 is 0 Å². The molecule has 182 valence electrons. The third kappa shape index (κ3) is 3.84. The average Bonchev–Trinajstić information content (AvgIpc) is 3.53. The van der Waals surface area contributed by atoms with Crippen molar-refractivity contribution in [2.24, 2.45) is 17.8 Å². The van der Waals surface area contributed by atoms with Crippen molar-refractivity contribution in [2.75, 3.05) is 11.4 Å². The van der Waals surface area contributed by atoms with Gasteiger partial charge in [-0.25, -0.2) is 0 Å². The molecule has 7 heteroatoms. The molecule has 1 saturated carbocycles. The van der Waals surface area contributed by atoms with Gasteiger partial charge in [0.15, 0.2) is 6.10 Å². The maximum atomic E-state index is 13.6. The second kappa shape index (κ2) is 8.52. The van der Waals surface area contributed by atoms with E-state index in [-0.39, 0.29) is 23.8 Å². The van der Waals surface area contributed by atoms with E-state index in [4.69, 9.17) is 9.47 Å². The zero-order valence-electron chi connectivity index (χ0n) is 20.4. The van der Waals surface area contributed by atoms with Gasteiger partial charge in [0.1, 0.15) is 11.5 Å². The Balaban J connectivity index is 1.35. The molecule has 5 atom stereocenters. The third-order valence-corrected chi connectivity index (χ3v) is 7.70. The number of hydrogen-bond acceptors (Lipinski definition) is 5. The van der Waals surface area contributed by atoms with E-state index in [1.165, 1.54) is 0 Å². The van der Waals surface area contributed by atoms with Crippen molar-refractivity contribution < 1.29 is 23.9 Å². The number of aryl methyl sites for hydroxylation is 2. The summed E-state index contributed by atoms with van der Waals surface area (Å²) < 4.78 is 12.1. The predicted octanol–water partition coefficient (Wildman–Crippen LogP) is 3.22. The lowest BCUT2D eigenvalue weighted by molar-refractivity contribution is -0.165. The summed E-state index contributed by atoms with van der Waals surface area (Å²) in [4.78, 5) is 41.7. The van der Waals surface area contributed by atoms with Crippen LogP contribution in [0.5, 0.6) is 0 Å². The Kier molecular flexibility index (Phi) is 5.79. The minimum absolute atomic E-state index is 0.129. The zero-order valence-corrected chi connectivity index (χ0v) is 20.4.